The largest absolute Gasteiger partial charge is 0.488 e. The molecule has 3 aromatic rings. The smallest absolute Gasteiger partial charge is 0.293 e. The van der Waals surface area contributed by atoms with E-state index in [4.69, 9.17) is 16.3 Å². The van der Waals surface area contributed by atoms with Gasteiger partial charge in [0.05, 0.1) is 16.4 Å². The van der Waals surface area contributed by atoms with Crippen molar-refractivity contribution >= 4 is 62.2 Å². The molecule has 0 bridgehead atoms. The van der Waals surface area contributed by atoms with Gasteiger partial charge in [0.15, 0.2) is 0 Å². The third-order valence-electron chi connectivity index (χ3n) is 5.03. The first kappa shape index (κ1) is 24.9. The monoisotopic (exact) mass is 576 g/mol. The summed E-state index contributed by atoms with van der Waals surface area (Å²) in [6.07, 6.45) is 1.52. The Bertz CT molecular complexity index is 1360. The molecule has 0 aliphatic carbocycles. The Morgan fingerprint density at radius 2 is 1.91 bits per heavy atom. The SMILES string of the molecule is O=C1S/C(=C\c2cc(Br)ccc2OCc2cccc([N+](=O)[O-])c2)C(=O)N1Cc1c(F)cccc1Cl. The standard InChI is InChI=1S/C24H15BrClFN2O5S/c25-16-7-8-21(34-13-14-3-1-4-17(9-14)29(32)33)15(10-16)11-22-23(30)28(24(31)35-22)12-18-19(26)5-2-6-20(18)27/h1-11H,12-13H2/b22-11-. The van der Waals surface area contributed by atoms with E-state index in [9.17, 15) is 24.1 Å². The van der Waals surface area contributed by atoms with Crippen molar-refractivity contribution < 1.29 is 23.6 Å². The van der Waals surface area contributed by atoms with Gasteiger partial charge in [-0.05, 0) is 53.7 Å². The van der Waals surface area contributed by atoms with E-state index >= 15 is 0 Å². The maximum absolute atomic E-state index is 14.2. The lowest BCUT2D eigenvalue weighted by molar-refractivity contribution is -0.384. The summed E-state index contributed by atoms with van der Waals surface area (Å²) >= 11 is 10.2. The molecular formula is C24H15BrClFN2O5S. The minimum Gasteiger partial charge on any atom is -0.488 e. The summed E-state index contributed by atoms with van der Waals surface area (Å²) in [5.41, 5.74) is 1.11. The van der Waals surface area contributed by atoms with E-state index < -0.39 is 21.9 Å². The Kier molecular flexibility index (Phi) is 7.54. The highest BCUT2D eigenvalue weighted by molar-refractivity contribution is 9.10. The predicted molar refractivity (Wildman–Crippen MR) is 134 cm³/mol. The number of benzene rings is 3. The van der Waals surface area contributed by atoms with E-state index in [1.165, 1.54) is 36.4 Å². The number of non-ortho nitro benzene ring substituents is 1. The molecule has 1 fully saturated rings. The van der Waals surface area contributed by atoms with Gasteiger partial charge >= 0.3 is 0 Å². The summed E-state index contributed by atoms with van der Waals surface area (Å²) in [4.78, 5) is 37.1. The minimum absolute atomic E-state index is 0.0502. The zero-order valence-electron chi connectivity index (χ0n) is 17.7. The van der Waals surface area contributed by atoms with E-state index in [0.29, 0.717) is 21.3 Å². The first-order chi connectivity index (χ1) is 16.7. The molecule has 4 rings (SSSR count). The molecule has 0 aromatic heterocycles. The molecule has 1 aliphatic rings. The van der Waals surface area contributed by atoms with Gasteiger partial charge in [-0.3, -0.25) is 24.6 Å². The van der Waals surface area contributed by atoms with Crippen LogP contribution < -0.4 is 4.74 Å². The molecule has 3 aromatic carbocycles. The van der Waals surface area contributed by atoms with Crippen LogP contribution >= 0.6 is 39.3 Å². The van der Waals surface area contributed by atoms with Gasteiger partial charge < -0.3 is 4.74 Å². The van der Waals surface area contributed by atoms with E-state index in [0.717, 1.165) is 16.7 Å². The predicted octanol–water partition coefficient (Wildman–Crippen LogP) is 6.97. The number of thioether (sulfide) groups is 1. The number of ether oxygens (including phenoxy) is 1. The summed E-state index contributed by atoms with van der Waals surface area (Å²) in [5.74, 6) is -0.781. The van der Waals surface area contributed by atoms with E-state index in [1.807, 2.05) is 0 Å². The Morgan fingerprint density at radius 3 is 2.66 bits per heavy atom. The lowest BCUT2D eigenvalue weighted by Gasteiger charge is -2.14. The van der Waals surface area contributed by atoms with E-state index in [-0.39, 0.29) is 34.3 Å². The molecular weight excluding hydrogens is 563 g/mol. The summed E-state index contributed by atoms with van der Waals surface area (Å²) in [6.45, 7) is -0.237. The number of nitro groups is 1. The summed E-state index contributed by atoms with van der Waals surface area (Å²) in [6, 6.07) is 15.3. The average Bonchev–Trinajstić information content (AvgIpc) is 3.08. The average molecular weight is 578 g/mol. The number of imide groups is 1. The van der Waals surface area contributed by atoms with Crippen LogP contribution in [0.2, 0.25) is 5.02 Å². The Labute approximate surface area is 216 Å². The molecule has 178 valence electrons. The third-order valence-corrected chi connectivity index (χ3v) is 6.78. The number of hydrogen-bond donors (Lipinski definition) is 0. The fraction of sp³-hybridized carbons (Fsp3) is 0.0833. The van der Waals surface area contributed by atoms with Crippen LogP contribution in [0.5, 0.6) is 5.75 Å². The van der Waals surface area contributed by atoms with Gasteiger partial charge in [0.25, 0.3) is 16.8 Å². The van der Waals surface area contributed by atoms with Crippen molar-refractivity contribution in [1.82, 2.24) is 4.90 Å². The Hall–Kier alpha value is -3.21. The van der Waals surface area contributed by atoms with Gasteiger partial charge in [-0.15, -0.1) is 0 Å². The lowest BCUT2D eigenvalue weighted by Crippen LogP contribution is -2.28. The number of amides is 2. The van der Waals surface area contributed by atoms with Crippen molar-refractivity contribution in [3.05, 3.63) is 108 Å². The van der Waals surface area contributed by atoms with Crippen LogP contribution in [0.3, 0.4) is 0 Å². The highest BCUT2D eigenvalue weighted by Gasteiger charge is 2.36. The second-order valence-electron chi connectivity index (χ2n) is 7.37. The second-order valence-corrected chi connectivity index (χ2v) is 9.68. The van der Waals surface area contributed by atoms with Crippen molar-refractivity contribution in [2.45, 2.75) is 13.2 Å². The number of rotatable bonds is 7. The Balaban J connectivity index is 1.57. The fourth-order valence-electron chi connectivity index (χ4n) is 3.30. The van der Waals surface area contributed by atoms with Crippen LogP contribution in [0.15, 0.2) is 70.0 Å². The van der Waals surface area contributed by atoms with Crippen molar-refractivity contribution in [2.75, 3.05) is 0 Å². The zero-order chi connectivity index (χ0) is 25.1. The molecule has 0 radical (unpaired) electrons. The van der Waals surface area contributed by atoms with Crippen LogP contribution in [0.25, 0.3) is 6.08 Å². The molecule has 0 N–H and O–H groups in total. The molecule has 11 heteroatoms. The summed E-state index contributed by atoms with van der Waals surface area (Å²) in [5, 5.41) is 10.6. The van der Waals surface area contributed by atoms with Crippen molar-refractivity contribution in [2.24, 2.45) is 0 Å². The Morgan fingerprint density at radius 1 is 1.14 bits per heavy atom. The second kappa shape index (κ2) is 10.6. The maximum atomic E-state index is 14.2. The topological polar surface area (TPSA) is 89.7 Å². The number of hydrogen-bond acceptors (Lipinski definition) is 6. The first-order valence-corrected chi connectivity index (χ1v) is 12.1. The van der Waals surface area contributed by atoms with Crippen LogP contribution in [0.4, 0.5) is 14.9 Å². The molecule has 2 amide bonds. The normalized spacial score (nSPS) is 14.6. The number of nitro benzene ring substituents is 1. The third kappa shape index (κ3) is 5.72. The van der Waals surface area contributed by atoms with Gasteiger partial charge in [-0.2, -0.15) is 0 Å². The van der Waals surface area contributed by atoms with Crippen LogP contribution in [0.1, 0.15) is 16.7 Å². The van der Waals surface area contributed by atoms with E-state index in [2.05, 4.69) is 15.9 Å². The molecule has 0 spiro atoms. The van der Waals surface area contributed by atoms with E-state index in [1.54, 1.807) is 30.3 Å². The number of carbonyl (C=O) groups is 2. The zero-order valence-corrected chi connectivity index (χ0v) is 20.9. The van der Waals surface area contributed by atoms with Crippen molar-refractivity contribution in [3.63, 3.8) is 0 Å². The molecule has 0 saturated carbocycles. The summed E-state index contributed by atoms with van der Waals surface area (Å²) < 4.78 is 20.8. The van der Waals surface area contributed by atoms with Crippen molar-refractivity contribution in [1.29, 1.82) is 0 Å². The molecule has 0 unspecified atom stereocenters. The lowest BCUT2D eigenvalue weighted by atomic mass is 10.1. The van der Waals surface area contributed by atoms with Gasteiger partial charge in [0.1, 0.15) is 18.2 Å². The molecule has 1 saturated heterocycles. The van der Waals surface area contributed by atoms with Gasteiger partial charge in [-0.25, -0.2) is 4.39 Å². The van der Waals surface area contributed by atoms with Gasteiger partial charge in [0.2, 0.25) is 0 Å². The molecule has 35 heavy (non-hydrogen) atoms. The van der Waals surface area contributed by atoms with Crippen LogP contribution in [-0.2, 0) is 17.9 Å². The minimum atomic E-state index is -0.607. The quantitative estimate of drug-likeness (QED) is 0.171. The number of halogens is 3. The van der Waals surface area contributed by atoms with Gasteiger partial charge in [0, 0.05) is 32.8 Å². The summed E-state index contributed by atoms with van der Waals surface area (Å²) in [7, 11) is 0. The molecule has 7 nitrogen and oxygen atoms in total. The van der Waals surface area contributed by atoms with Crippen LogP contribution in [-0.4, -0.2) is 21.0 Å². The van der Waals surface area contributed by atoms with Crippen LogP contribution in [0, 0.1) is 15.9 Å². The molecule has 0 atom stereocenters. The number of nitrogens with zero attached hydrogens (tertiary/aromatic N) is 2. The fourth-order valence-corrected chi connectivity index (χ4v) is 4.73. The highest BCUT2D eigenvalue weighted by atomic mass is 79.9. The highest BCUT2D eigenvalue weighted by Crippen LogP contribution is 2.36. The maximum Gasteiger partial charge on any atom is 0.293 e. The molecule has 1 aliphatic heterocycles. The first-order valence-electron chi connectivity index (χ1n) is 10.1. The number of carbonyl (C=O) groups excluding carboxylic acids is 2. The van der Waals surface area contributed by atoms with Gasteiger partial charge in [-0.1, -0.05) is 45.7 Å². The molecule has 1 heterocycles. The van der Waals surface area contributed by atoms with Crippen molar-refractivity contribution in [3.8, 4) is 5.75 Å².